The summed E-state index contributed by atoms with van der Waals surface area (Å²) in [6.07, 6.45) is 5.09. The summed E-state index contributed by atoms with van der Waals surface area (Å²) in [5.41, 5.74) is 2.49. The summed E-state index contributed by atoms with van der Waals surface area (Å²) in [7, 11) is 0. The number of nitrogens with zero attached hydrogens (tertiary/aromatic N) is 3. The van der Waals surface area contributed by atoms with E-state index in [1.165, 1.54) is 32.4 Å². The molecule has 2 aliphatic heterocycles. The summed E-state index contributed by atoms with van der Waals surface area (Å²) in [5.74, 6) is 0.333. The lowest BCUT2D eigenvalue weighted by Gasteiger charge is -2.26. The Hall–Kier alpha value is -1.40. The molecule has 1 N–H and O–H groups in total. The van der Waals surface area contributed by atoms with Gasteiger partial charge in [-0.25, -0.2) is 0 Å². The number of aryl methyl sites for hydroxylation is 1. The molecule has 1 atom stereocenters. The summed E-state index contributed by atoms with van der Waals surface area (Å²) in [5, 5.41) is 7.29. The van der Waals surface area contributed by atoms with E-state index >= 15 is 0 Å². The van der Waals surface area contributed by atoms with Crippen molar-refractivity contribution in [3.63, 3.8) is 0 Å². The first-order valence-corrected chi connectivity index (χ1v) is 9.74. The Morgan fingerprint density at radius 1 is 1.28 bits per heavy atom. The van der Waals surface area contributed by atoms with Crippen LogP contribution in [0.5, 0.6) is 0 Å². The lowest BCUT2D eigenvalue weighted by atomic mass is 10.0. The monoisotopic (exact) mass is 348 g/mol. The van der Waals surface area contributed by atoms with Crippen LogP contribution in [-0.2, 0) is 4.74 Å². The van der Waals surface area contributed by atoms with E-state index in [4.69, 9.17) is 4.74 Å². The Labute approximate surface area is 150 Å². The first-order valence-electron chi connectivity index (χ1n) is 9.74. The molecule has 0 aliphatic carbocycles. The van der Waals surface area contributed by atoms with Gasteiger partial charge >= 0.3 is 0 Å². The molecule has 1 unspecified atom stereocenters. The molecule has 140 valence electrons. The van der Waals surface area contributed by atoms with E-state index in [1.807, 2.05) is 11.8 Å². The predicted molar refractivity (Wildman–Crippen MR) is 98.0 cm³/mol. The van der Waals surface area contributed by atoms with Crippen molar-refractivity contribution < 1.29 is 9.53 Å². The number of hydrogen-bond acceptors (Lipinski definition) is 4. The van der Waals surface area contributed by atoms with Crippen LogP contribution in [0.2, 0.25) is 0 Å². The normalized spacial score (nSPS) is 22.1. The fourth-order valence-electron chi connectivity index (χ4n) is 3.87. The van der Waals surface area contributed by atoms with Gasteiger partial charge < -0.3 is 14.5 Å². The van der Waals surface area contributed by atoms with Crippen LogP contribution in [0.3, 0.4) is 0 Å². The Bertz CT molecular complexity index is 578. The SMILES string of the molecule is Cc1[nH]nc(C(C)C)c1C(=O)N1CCC(OCCN2CCCCC2)C1. The van der Waals surface area contributed by atoms with Crippen LogP contribution in [0.4, 0.5) is 0 Å². The first-order chi connectivity index (χ1) is 12.1. The molecule has 1 aromatic rings. The molecule has 6 nitrogen and oxygen atoms in total. The molecule has 3 heterocycles. The number of carbonyl (C=O) groups excluding carboxylic acids is 1. The van der Waals surface area contributed by atoms with E-state index in [0.29, 0.717) is 6.54 Å². The van der Waals surface area contributed by atoms with Crippen molar-refractivity contribution >= 4 is 5.91 Å². The zero-order chi connectivity index (χ0) is 17.8. The minimum Gasteiger partial charge on any atom is -0.375 e. The van der Waals surface area contributed by atoms with E-state index in [1.54, 1.807) is 0 Å². The fourth-order valence-corrected chi connectivity index (χ4v) is 3.87. The number of nitrogens with one attached hydrogen (secondary N) is 1. The summed E-state index contributed by atoms with van der Waals surface area (Å²) < 4.78 is 6.05. The molecule has 1 aromatic heterocycles. The molecular formula is C19H32N4O2. The maximum Gasteiger partial charge on any atom is 0.257 e. The second-order valence-corrected chi connectivity index (χ2v) is 7.70. The summed E-state index contributed by atoms with van der Waals surface area (Å²) in [6.45, 7) is 11.7. The number of aromatic nitrogens is 2. The third kappa shape index (κ3) is 4.42. The number of H-pyrrole nitrogens is 1. The first kappa shape index (κ1) is 18.4. The molecule has 0 aromatic carbocycles. The Morgan fingerprint density at radius 3 is 2.76 bits per heavy atom. The Balaban J connectivity index is 1.49. The average Bonchev–Trinajstić information content (AvgIpc) is 3.22. The van der Waals surface area contributed by atoms with E-state index in [2.05, 4.69) is 28.9 Å². The van der Waals surface area contributed by atoms with Crippen molar-refractivity contribution in [1.29, 1.82) is 0 Å². The maximum atomic E-state index is 12.9. The van der Waals surface area contributed by atoms with Gasteiger partial charge in [0.1, 0.15) is 0 Å². The third-order valence-corrected chi connectivity index (χ3v) is 5.38. The average molecular weight is 348 g/mol. The van der Waals surface area contributed by atoms with Crippen molar-refractivity contribution in [3.8, 4) is 0 Å². The molecule has 3 rings (SSSR count). The topological polar surface area (TPSA) is 61.5 Å². The number of aromatic amines is 1. The van der Waals surface area contributed by atoms with E-state index in [9.17, 15) is 4.79 Å². The molecule has 2 aliphatic rings. The highest BCUT2D eigenvalue weighted by Crippen LogP contribution is 2.24. The summed E-state index contributed by atoms with van der Waals surface area (Å²) >= 11 is 0. The minimum atomic E-state index is 0.0945. The van der Waals surface area contributed by atoms with Crippen LogP contribution < -0.4 is 0 Å². The van der Waals surface area contributed by atoms with Gasteiger partial charge in [-0.2, -0.15) is 5.10 Å². The highest BCUT2D eigenvalue weighted by Gasteiger charge is 2.31. The van der Waals surface area contributed by atoms with Crippen LogP contribution >= 0.6 is 0 Å². The molecule has 1 amide bonds. The highest BCUT2D eigenvalue weighted by atomic mass is 16.5. The molecule has 0 saturated carbocycles. The number of ether oxygens (including phenoxy) is 1. The van der Waals surface area contributed by atoms with Crippen LogP contribution in [0.25, 0.3) is 0 Å². The van der Waals surface area contributed by atoms with Gasteiger partial charge in [-0.05, 0) is 45.2 Å². The highest BCUT2D eigenvalue weighted by molar-refractivity contribution is 5.96. The van der Waals surface area contributed by atoms with Crippen molar-refractivity contribution in [3.05, 3.63) is 17.0 Å². The molecule has 2 fully saturated rings. The number of hydrogen-bond donors (Lipinski definition) is 1. The molecule has 2 saturated heterocycles. The number of rotatable bonds is 6. The number of carbonyl (C=O) groups is 1. The second-order valence-electron chi connectivity index (χ2n) is 7.70. The standard InChI is InChI=1S/C19H32N4O2/c1-14(2)18-17(15(3)20-21-18)19(24)23-10-7-16(13-23)25-12-11-22-8-5-4-6-9-22/h14,16H,4-13H2,1-3H3,(H,20,21). The van der Waals surface area contributed by atoms with Crippen LogP contribution in [0.1, 0.15) is 67.2 Å². The number of amides is 1. The molecule has 25 heavy (non-hydrogen) atoms. The van der Waals surface area contributed by atoms with Crippen LogP contribution in [0.15, 0.2) is 0 Å². The lowest BCUT2D eigenvalue weighted by Crippen LogP contribution is -2.34. The van der Waals surface area contributed by atoms with Crippen molar-refractivity contribution in [2.75, 3.05) is 39.3 Å². The van der Waals surface area contributed by atoms with Gasteiger partial charge in [-0.15, -0.1) is 0 Å². The summed E-state index contributed by atoms with van der Waals surface area (Å²) in [6, 6.07) is 0. The number of piperidine rings is 1. The molecular weight excluding hydrogens is 316 g/mol. The summed E-state index contributed by atoms with van der Waals surface area (Å²) in [4.78, 5) is 17.3. The number of likely N-dealkylation sites (tertiary alicyclic amines) is 2. The van der Waals surface area contributed by atoms with Gasteiger partial charge in [0.2, 0.25) is 0 Å². The Morgan fingerprint density at radius 2 is 2.04 bits per heavy atom. The van der Waals surface area contributed by atoms with Gasteiger partial charge in [0, 0.05) is 25.3 Å². The molecule has 6 heteroatoms. The lowest BCUT2D eigenvalue weighted by molar-refractivity contribution is 0.0379. The van der Waals surface area contributed by atoms with Crippen LogP contribution in [-0.4, -0.2) is 71.3 Å². The fraction of sp³-hybridized carbons (Fsp3) is 0.789. The van der Waals surface area contributed by atoms with E-state index < -0.39 is 0 Å². The second kappa shape index (κ2) is 8.32. The predicted octanol–water partition coefficient (Wildman–Crippen LogP) is 2.56. The van der Waals surface area contributed by atoms with Crippen LogP contribution in [0, 0.1) is 6.92 Å². The van der Waals surface area contributed by atoms with Gasteiger partial charge in [-0.3, -0.25) is 9.89 Å². The zero-order valence-corrected chi connectivity index (χ0v) is 15.9. The largest absolute Gasteiger partial charge is 0.375 e. The van der Waals surface area contributed by atoms with Crippen molar-refractivity contribution in [2.45, 2.75) is 58.5 Å². The quantitative estimate of drug-likeness (QED) is 0.858. The van der Waals surface area contributed by atoms with Gasteiger partial charge in [0.25, 0.3) is 5.91 Å². The van der Waals surface area contributed by atoms with Gasteiger partial charge in [0.05, 0.1) is 24.0 Å². The molecule has 0 bridgehead atoms. The van der Waals surface area contributed by atoms with Gasteiger partial charge in [0.15, 0.2) is 0 Å². The maximum absolute atomic E-state index is 12.9. The van der Waals surface area contributed by atoms with Crippen molar-refractivity contribution in [1.82, 2.24) is 20.0 Å². The van der Waals surface area contributed by atoms with E-state index in [0.717, 1.165) is 43.1 Å². The third-order valence-electron chi connectivity index (χ3n) is 5.38. The van der Waals surface area contributed by atoms with E-state index in [-0.39, 0.29) is 17.9 Å². The zero-order valence-electron chi connectivity index (χ0n) is 15.9. The van der Waals surface area contributed by atoms with Gasteiger partial charge in [-0.1, -0.05) is 20.3 Å². The Kier molecular flexibility index (Phi) is 6.12. The van der Waals surface area contributed by atoms with Crippen molar-refractivity contribution in [2.24, 2.45) is 0 Å². The minimum absolute atomic E-state index is 0.0945. The smallest absolute Gasteiger partial charge is 0.257 e. The molecule has 0 radical (unpaired) electrons. The molecule has 0 spiro atoms.